The fourth-order valence-corrected chi connectivity index (χ4v) is 2.04. The average Bonchev–Trinajstić information content (AvgIpc) is 2.90. The minimum atomic E-state index is -0.434. The number of hydrogen-bond donors (Lipinski definition) is 0. The molecule has 0 radical (unpaired) electrons. The summed E-state index contributed by atoms with van der Waals surface area (Å²) in [6.07, 6.45) is 1.65. The largest absolute Gasteiger partial charge is 0.299 e. The van der Waals surface area contributed by atoms with Crippen LogP contribution in [0.15, 0.2) is 6.07 Å². The normalized spacial score (nSPS) is 17.9. The molecule has 1 aliphatic rings. The molecule has 1 heterocycles. The van der Waals surface area contributed by atoms with Crippen LogP contribution < -0.4 is 0 Å². The second-order valence-electron chi connectivity index (χ2n) is 3.51. The van der Waals surface area contributed by atoms with E-state index >= 15 is 0 Å². The number of aromatic nitrogens is 2. The highest BCUT2D eigenvalue weighted by molar-refractivity contribution is 6.32. The molecule has 0 unspecified atom stereocenters. The first-order valence-corrected chi connectivity index (χ1v) is 5.02. The summed E-state index contributed by atoms with van der Waals surface area (Å²) < 4.78 is 0. The lowest BCUT2D eigenvalue weighted by molar-refractivity contribution is -0.119. The van der Waals surface area contributed by atoms with E-state index in [0.29, 0.717) is 5.56 Å². The van der Waals surface area contributed by atoms with Gasteiger partial charge in [0.2, 0.25) is 0 Å². The Labute approximate surface area is 91.4 Å². The van der Waals surface area contributed by atoms with Crippen LogP contribution in [-0.4, -0.2) is 16.0 Å². The molecule has 1 saturated carbocycles. The van der Waals surface area contributed by atoms with Crippen LogP contribution in [0.2, 0.25) is 10.3 Å². The van der Waals surface area contributed by atoms with Crippen molar-refractivity contribution in [1.82, 2.24) is 10.2 Å². The molecule has 3 nitrogen and oxygen atoms in total. The number of Topliss-reactive ketones (excluding diaryl/α,β-unsaturated/α-hetero) is 1. The van der Waals surface area contributed by atoms with E-state index in [-0.39, 0.29) is 16.1 Å². The number of halogens is 2. The van der Waals surface area contributed by atoms with Crippen LogP contribution in [0.1, 0.15) is 25.3 Å². The topological polar surface area (TPSA) is 42.9 Å². The van der Waals surface area contributed by atoms with E-state index in [4.69, 9.17) is 23.2 Å². The molecule has 1 aromatic heterocycles. The van der Waals surface area contributed by atoms with Crippen LogP contribution >= 0.6 is 23.2 Å². The number of carbonyl (C=O) groups is 1. The van der Waals surface area contributed by atoms with Crippen molar-refractivity contribution in [3.8, 4) is 0 Å². The number of rotatable bonds is 2. The third-order valence-corrected chi connectivity index (χ3v) is 3.12. The second kappa shape index (κ2) is 3.17. The first kappa shape index (κ1) is 9.87. The number of nitrogens with zero attached hydrogens (tertiary/aromatic N) is 2. The fourth-order valence-electron chi connectivity index (χ4n) is 1.62. The lowest BCUT2D eigenvalue weighted by Gasteiger charge is -2.12. The molecule has 14 heavy (non-hydrogen) atoms. The third-order valence-electron chi connectivity index (χ3n) is 2.66. The lowest BCUT2D eigenvalue weighted by atomic mass is 9.94. The van der Waals surface area contributed by atoms with Gasteiger partial charge in [0.25, 0.3) is 0 Å². The molecule has 0 atom stereocenters. The van der Waals surface area contributed by atoms with Crippen molar-refractivity contribution >= 4 is 29.0 Å². The molecule has 1 fully saturated rings. The van der Waals surface area contributed by atoms with E-state index in [1.165, 1.54) is 0 Å². The summed E-state index contributed by atoms with van der Waals surface area (Å²) >= 11 is 11.6. The first-order chi connectivity index (χ1) is 6.56. The molecule has 2 rings (SSSR count). The zero-order valence-corrected chi connectivity index (χ0v) is 9.06. The zero-order valence-electron chi connectivity index (χ0n) is 7.55. The summed E-state index contributed by atoms with van der Waals surface area (Å²) in [5.41, 5.74) is 0.281. The van der Waals surface area contributed by atoms with Crippen LogP contribution in [0.4, 0.5) is 0 Å². The van der Waals surface area contributed by atoms with Crippen molar-refractivity contribution in [2.24, 2.45) is 0 Å². The summed E-state index contributed by atoms with van der Waals surface area (Å²) in [5.74, 6) is 0.114. The van der Waals surface area contributed by atoms with Crippen LogP contribution in [0, 0.1) is 0 Å². The van der Waals surface area contributed by atoms with Gasteiger partial charge in [-0.25, -0.2) is 0 Å². The number of ketones is 1. The summed E-state index contributed by atoms with van der Waals surface area (Å²) in [6, 6.07) is 1.63. The van der Waals surface area contributed by atoms with Gasteiger partial charge in [-0.05, 0) is 25.8 Å². The molecule has 1 aliphatic carbocycles. The van der Waals surface area contributed by atoms with E-state index in [2.05, 4.69) is 10.2 Å². The molecule has 0 N–H and O–H groups in total. The number of carbonyl (C=O) groups excluding carboxylic acids is 1. The van der Waals surface area contributed by atoms with E-state index in [0.717, 1.165) is 12.8 Å². The minimum Gasteiger partial charge on any atom is -0.299 e. The van der Waals surface area contributed by atoms with Crippen molar-refractivity contribution in [2.45, 2.75) is 25.2 Å². The maximum atomic E-state index is 11.4. The molecule has 74 valence electrons. The SMILES string of the molecule is CC(=O)C1(c2cc(Cl)nnc2Cl)CC1. The van der Waals surface area contributed by atoms with Crippen molar-refractivity contribution < 1.29 is 4.79 Å². The van der Waals surface area contributed by atoms with Crippen molar-refractivity contribution in [2.75, 3.05) is 0 Å². The van der Waals surface area contributed by atoms with Gasteiger partial charge in [-0.3, -0.25) is 4.79 Å². The van der Waals surface area contributed by atoms with Crippen LogP contribution in [0.3, 0.4) is 0 Å². The summed E-state index contributed by atoms with van der Waals surface area (Å²) in [4.78, 5) is 11.4. The molecule has 0 aliphatic heterocycles. The van der Waals surface area contributed by atoms with Gasteiger partial charge in [0.1, 0.15) is 5.78 Å². The molecule has 0 saturated heterocycles. The van der Waals surface area contributed by atoms with Crippen LogP contribution in [0.25, 0.3) is 0 Å². The summed E-state index contributed by atoms with van der Waals surface area (Å²) in [6.45, 7) is 1.57. The highest BCUT2D eigenvalue weighted by Gasteiger charge is 2.50. The minimum absolute atomic E-state index is 0.114. The first-order valence-electron chi connectivity index (χ1n) is 4.26. The Kier molecular flexibility index (Phi) is 2.24. The maximum absolute atomic E-state index is 11.4. The van der Waals surface area contributed by atoms with Gasteiger partial charge in [0.15, 0.2) is 10.3 Å². The second-order valence-corrected chi connectivity index (χ2v) is 4.26. The van der Waals surface area contributed by atoms with E-state index in [1.54, 1.807) is 13.0 Å². The highest BCUT2D eigenvalue weighted by Crippen LogP contribution is 2.50. The van der Waals surface area contributed by atoms with Gasteiger partial charge in [-0.2, -0.15) is 0 Å². The summed E-state index contributed by atoms with van der Waals surface area (Å²) in [7, 11) is 0. The summed E-state index contributed by atoms with van der Waals surface area (Å²) in [5, 5.41) is 7.87. The van der Waals surface area contributed by atoms with Gasteiger partial charge in [0, 0.05) is 5.56 Å². The zero-order chi connectivity index (χ0) is 10.3. The third kappa shape index (κ3) is 1.41. The molecular formula is C9H8Cl2N2O. The molecule has 0 aromatic carbocycles. The van der Waals surface area contributed by atoms with Gasteiger partial charge < -0.3 is 0 Å². The van der Waals surface area contributed by atoms with E-state index in [1.807, 2.05) is 0 Å². The highest BCUT2D eigenvalue weighted by atomic mass is 35.5. The predicted molar refractivity (Wildman–Crippen MR) is 53.6 cm³/mol. The molecular weight excluding hydrogens is 223 g/mol. The van der Waals surface area contributed by atoms with Crippen molar-refractivity contribution in [3.05, 3.63) is 21.9 Å². The Bertz CT molecular complexity index is 402. The molecule has 0 amide bonds. The Morgan fingerprint density at radius 3 is 2.57 bits per heavy atom. The number of hydrogen-bond acceptors (Lipinski definition) is 3. The van der Waals surface area contributed by atoms with Gasteiger partial charge in [-0.1, -0.05) is 23.2 Å². The van der Waals surface area contributed by atoms with Crippen molar-refractivity contribution in [1.29, 1.82) is 0 Å². The smallest absolute Gasteiger partial charge is 0.156 e. The fraction of sp³-hybridized carbons (Fsp3) is 0.444. The Hall–Kier alpha value is -0.670. The Morgan fingerprint density at radius 2 is 2.07 bits per heavy atom. The molecule has 5 heteroatoms. The Morgan fingerprint density at radius 1 is 1.43 bits per heavy atom. The van der Waals surface area contributed by atoms with Gasteiger partial charge in [-0.15, -0.1) is 10.2 Å². The monoisotopic (exact) mass is 230 g/mol. The van der Waals surface area contributed by atoms with E-state index < -0.39 is 5.41 Å². The maximum Gasteiger partial charge on any atom is 0.156 e. The lowest BCUT2D eigenvalue weighted by Crippen LogP contribution is -2.18. The predicted octanol–water partition coefficient (Wildman–Crippen LogP) is 2.40. The van der Waals surface area contributed by atoms with Crippen molar-refractivity contribution in [3.63, 3.8) is 0 Å². The van der Waals surface area contributed by atoms with Crippen LogP contribution in [0.5, 0.6) is 0 Å². The van der Waals surface area contributed by atoms with Gasteiger partial charge in [0.05, 0.1) is 5.41 Å². The molecule has 0 bridgehead atoms. The quantitative estimate of drug-likeness (QED) is 0.784. The standard InChI is InChI=1S/C9H8Cl2N2O/c1-5(14)9(2-3-9)6-4-7(10)12-13-8(6)11/h4H,2-3H2,1H3. The van der Waals surface area contributed by atoms with E-state index in [9.17, 15) is 4.79 Å². The molecule has 1 aromatic rings. The van der Waals surface area contributed by atoms with Crippen LogP contribution in [-0.2, 0) is 10.2 Å². The Balaban J connectivity index is 2.51. The molecule has 0 spiro atoms. The average molecular weight is 231 g/mol. The van der Waals surface area contributed by atoms with Gasteiger partial charge >= 0.3 is 0 Å².